The molecule has 1 heterocycles. The summed E-state index contributed by atoms with van der Waals surface area (Å²) < 4.78 is 25.6. The van der Waals surface area contributed by atoms with Crippen LogP contribution < -0.4 is 9.62 Å². The van der Waals surface area contributed by atoms with Gasteiger partial charge in [0.05, 0.1) is 18.5 Å². The molecule has 0 saturated heterocycles. The lowest BCUT2D eigenvalue weighted by Crippen LogP contribution is -2.29. The smallest absolute Gasteiger partial charge is 0.257 e. The number of hydrogen-bond donors (Lipinski definition) is 1. The monoisotopic (exact) mass is 384 g/mol. The van der Waals surface area contributed by atoms with E-state index in [9.17, 15) is 13.2 Å². The Kier molecular flexibility index (Phi) is 5.97. The van der Waals surface area contributed by atoms with Gasteiger partial charge in [-0.05, 0) is 30.5 Å². The highest BCUT2D eigenvalue weighted by atomic mass is 32.2. The molecule has 10 heteroatoms. The number of anilines is 2. The van der Waals surface area contributed by atoms with Crippen molar-refractivity contribution >= 4 is 49.8 Å². The second kappa shape index (κ2) is 7.77. The first-order chi connectivity index (χ1) is 11.3. The molecule has 0 unspecified atom stereocenters. The Morgan fingerprint density at radius 2 is 2.04 bits per heavy atom. The minimum absolute atomic E-state index is 0.159. The molecular weight excluding hydrogens is 368 g/mol. The van der Waals surface area contributed by atoms with E-state index < -0.39 is 10.0 Å². The molecule has 0 aliphatic heterocycles. The van der Waals surface area contributed by atoms with Crippen LogP contribution in [-0.2, 0) is 10.0 Å². The van der Waals surface area contributed by atoms with Crippen LogP contribution in [-0.4, -0.2) is 43.6 Å². The molecule has 0 atom stereocenters. The van der Waals surface area contributed by atoms with E-state index in [2.05, 4.69) is 22.1 Å². The predicted molar refractivity (Wildman–Crippen MR) is 98.5 cm³/mol. The lowest BCUT2D eigenvalue weighted by atomic mass is 10.2. The number of carbonyl (C=O) groups excluding carboxylic acids is 1. The second-order valence-electron chi connectivity index (χ2n) is 4.66. The van der Waals surface area contributed by atoms with Gasteiger partial charge in [-0.2, -0.15) is 0 Å². The number of rotatable bonds is 7. The average Bonchev–Trinajstić information content (AvgIpc) is 2.99. The standard InChI is InChI=1S/C14H16N4O3S3/c1-4-9-18(24(3,20)21)11-7-5-10(6-8-11)12(19)15-13-16-17-14(22-2)23-13/h4-8H,1,9H2,2-3H3,(H,15,16,19). The van der Waals surface area contributed by atoms with Gasteiger partial charge in [0.25, 0.3) is 5.91 Å². The molecule has 0 bridgehead atoms. The Morgan fingerprint density at radius 3 is 2.54 bits per heavy atom. The van der Waals surface area contributed by atoms with Crippen molar-refractivity contribution in [2.24, 2.45) is 0 Å². The molecule has 0 aliphatic rings. The first-order valence-corrected chi connectivity index (χ1v) is 10.6. The van der Waals surface area contributed by atoms with E-state index >= 15 is 0 Å². The fourth-order valence-corrected chi connectivity index (χ4v) is 3.89. The number of benzene rings is 1. The Morgan fingerprint density at radius 1 is 1.38 bits per heavy atom. The molecule has 0 aliphatic carbocycles. The average molecular weight is 385 g/mol. The van der Waals surface area contributed by atoms with E-state index in [0.717, 1.165) is 10.6 Å². The van der Waals surface area contributed by atoms with Crippen molar-refractivity contribution < 1.29 is 13.2 Å². The van der Waals surface area contributed by atoms with Gasteiger partial charge in [0, 0.05) is 5.56 Å². The molecule has 1 amide bonds. The number of nitrogens with zero attached hydrogens (tertiary/aromatic N) is 3. The molecule has 2 aromatic rings. The Labute approximate surface area is 148 Å². The second-order valence-corrected chi connectivity index (χ2v) is 8.60. The number of thioether (sulfide) groups is 1. The van der Waals surface area contributed by atoms with Gasteiger partial charge in [0.15, 0.2) is 4.34 Å². The SMILES string of the molecule is C=CCN(c1ccc(C(=O)Nc2nnc(SC)s2)cc1)S(C)(=O)=O. The third kappa shape index (κ3) is 4.56. The fraction of sp³-hybridized carbons (Fsp3) is 0.214. The lowest BCUT2D eigenvalue weighted by molar-refractivity contribution is 0.102. The van der Waals surface area contributed by atoms with Gasteiger partial charge in [0.1, 0.15) is 0 Å². The summed E-state index contributed by atoms with van der Waals surface area (Å²) in [6.07, 6.45) is 4.50. The summed E-state index contributed by atoms with van der Waals surface area (Å²) in [5.41, 5.74) is 0.862. The minimum atomic E-state index is -3.42. The van der Waals surface area contributed by atoms with Crippen LogP contribution in [0.5, 0.6) is 0 Å². The molecule has 7 nitrogen and oxygen atoms in total. The van der Waals surface area contributed by atoms with Crippen molar-refractivity contribution in [3.8, 4) is 0 Å². The van der Waals surface area contributed by atoms with Crippen molar-refractivity contribution in [1.82, 2.24) is 10.2 Å². The van der Waals surface area contributed by atoms with E-state index in [0.29, 0.717) is 16.4 Å². The zero-order valence-electron chi connectivity index (χ0n) is 13.1. The van der Waals surface area contributed by atoms with E-state index in [1.165, 1.54) is 33.5 Å². The van der Waals surface area contributed by atoms with Gasteiger partial charge in [-0.15, -0.1) is 16.8 Å². The van der Waals surface area contributed by atoms with Gasteiger partial charge < -0.3 is 0 Å². The summed E-state index contributed by atoms with van der Waals surface area (Å²) in [7, 11) is -3.42. The van der Waals surface area contributed by atoms with Crippen LogP contribution in [0.1, 0.15) is 10.4 Å². The Hall–Kier alpha value is -1.91. The van der Waals surface area contributed by atoms with Crippen LogP contribution in [0.25, 0.3) is 0 Å². The predicted octanol–water partition coefficient (Wildman–Crippen LogP) is 2.46. The first kappa shape index (κ1) is 18.4. The number of sulfonamides is 1. The number of aromatic nitrogens is 2. The summed E-state index contributed by atoms with van der Waals surface area (Å²) >= 11 is 2.73. The Balaban J connectivity index is 2.15. The molecule has 2 rings (SSSR count). The zero-order chi connectivity index (χ0) is 17.7. The van der Waals surface area contributed by atoms with Gasteiger partial charge in [0.2, 0.25) is 15.2 Å². The molecule has 0 fully saturated rings. The number of carbonyl (C=O) groups is 1. The molecule has 1 aromatic heterocycles. The van der Waals surface area contributed by atoms with E-state index in [4.69, 9.17) is 0 Å². The molecule has 0 radical (unpaired) electrons. The van der Waals surface area contributed by atoms with Crippen molar-refractivity contribution in [2.75, 3.05) is 28.7 Å². The molecule has 0 spiro atoms. The number of amides is 1. The maximum absolute atomic E-state index is 12.2. The number of hydrogen-bond acceptors (Lipinski definition) is 7. The normalized spacial score (nSPS) is 11.1. The van der Waals surface area contributed by atoms with Gasteiger partial charge in [-0.1, -0.05) is 29.2 Å². The fourth-order valence-electron chi connectivity index (χ4n) is 1.84. The van der Waals surface area contributed by atoms with Crippen LogP contribution in [0, 0.1) is 0 Å². The summed E-state index contributed by atoms with van der Waals surface area (Å²) in [4.78, 5) is 12.2. The lowest BCUT2D eigenvalue weighted by Gasteiger charge is -2.20. The van der Waals surface area contributed by atoms with E-state index in [1.807, 2.05) is 6.26 Å². The minimum Gasteiger partial charge on any atom is -0.296 e. The summed E-state index contributed by atoms with van der Waals surface area (Å²) in [6.45, 7) is 3.72. The molecule has 1 N–H and O–H groups in total. The zero-order valence-corrected chi connectivity index (χ0v) is 15.5. The molecule has 0 saturated carbocycles. The summed E-state index contributed by atoms with van der Waals surface area (Å²) in [5, 5.41) is 10.8. The summed E-state index contributed by atoms with van der Waals surface area (Å²) in [6, 6.07) is 6.27. The molecule has 24 heavy (non-hydrogen) atoms. The van der Waals surface area contributed by atoms with Gasteiger partial charge in [-0.3, -0.25) is 14.4 Å². The van der Waals surface area contributed by atoms with E-state index in [-0.39, 0.29) is 12.5 Å². The van der Waals surface area contributed by atoms with Crippen molar-refractivity contribution in [2.45, 2.75) is 4.34 Å². The third-order valence-corrected chi connectivity index (χ3v) is 5.89. The van der Waals surface area contributed by atoms with Crippen LogP contribution >= 0.6 is 23.1 Å². The molecule has 128 valence electrons. The topological polar surface area (TPSA) is 92.3 Å². The number of nitrogens with one attached hydrogen (secondary N) is 1. The maximum Gasteiger partial charge on any atom is 0.257 e. The van der Waals surface area contributed by atoms with Crippen LogP contribution in [0.4, 0.5) is 10.8 Å². The third-order valence-electron chi connectivity index (χ3n) is 2.91. The van der Waals surface area contributed by atoms with Crippen molar-refractivity contribution in [1.29, 1.82) is 0 Å². The highest BCUT2D eigenvalue weighted by molar-refractivity contribution is 8.00. The maximum atomic E-state index is 12.2. The molecule has 1 aromatic carbocycles. The van der Waals surface area contributed by atoms with Crippen LogP contribution in [0.3, 0.4) is 0 Å². The largest absolute Gasteiger partial charge is 0.296 e. The van der Waals surface area contributed by atoms with Gasteiger partial charge >= 0.3 is 0 Å². The highest BCUT2D eigenvalue weighted by Crippen LogP contribution is 2.24. The van der Waals surface area contributed by atoms with Crippen LogP contribution in [0.15, 0.2) is 41.3 Å². The van der Waals surface area contributed by atoms with Crippen molar-refractivity contribution in [3.05, 3.63) is 42.5 Å². The summed E-state index contributed by atoms with van der Waals surface area (Å²) in [5.74, 6) is -0.333. The first-order valence-electron chi connectivity index (χ1n) is 6.72. The molecular formula is C14H16N4O3S3. The van der Waals surface area contributed by atoms with Crippen LogP contribution in [0.2, 0.25) is 0 Å². The highest BCUT2D eigenvalue weighted by Gasteiger charge is 2.16. The van der Waals surface area contributed by atoms with E-state index in [1.54, 1.807) is 24.3 Å². The van der Waals surface area contributed by atoms with Crippen molar-refractivity contribution in [3.63, 3.8) is 0 Å². The Bertz CT molecular complexity index is 831. The van der Waals surface area contributed by atoms with Gasteiger partial charge in [-0.25, -0.2) is 8.42 Å². The quantitative estimate of drug-likeness (QED) is 0.448.